The Hall–Kier alpha value is -1.57. The molecule has 0 bridgehead atoms. The van der Waals surface area contributed by atoms with Crippen LogP contribution in [-0.2, 0) is 10.0 Å². The Morgan fingerprint density at radius 1 is 1.10 bits per heavy atom. The van der Waals surface area contributed by atoms with Crippen molar-refractivity contribution >= 4 is 37.3 Å². The van der Waals surface area contributed by atoms with Crippen molar-refractivity contribution in [2.75, 3.05) is 23.2 Å². The van der Waals surface area contributed by atoms with E-state index in [2.05, 4.69) is 15.9 Å². The van der Waals surface area contributed by atoms with Crippen LogP contribution in [0.15, 0.2) is 57.9 Å². The number of hydrogen-bond donors (Lipinski definition) is 2. The number of nitrogens with two attached hydrogens (primary N) is 1. The minimum atomic E-state index is -3.82. The highest BCUT2D eigenvalue weighted by Gasteiger charge is 2.27. The topological polar surface area (TPSA) is 83.6 Å². The lowest BCUT2D eigenvalue weighted by atomic mass is 10.3. The second-order valence-electron chi connectivity index (χ2n) is 4.29. The van der Waals surface area contributed by atoms with Crippen LogP contribution in [0.2, 0.25) is 0 Å². The van der Waals surface area contributed by atoms with Crippen LogP contribution in [0.5, 0.6) is 0 Å². The van der Waals surface area contributed by atoms with Gasteiger partial charge in [-0.2, -0.15) is 0 Å². The van der Waals surface area contributed by atoms with E-state index < -0.39 is 10.0 Å². The number of aliphatic hydroxyl groups is 1. The van der Waals surface area contributed by atoms with E-state index in [0.717, 1.165) is 4.31 Å². The number of nitrogens with zero attached hydrogens (tertiary/aromatic N) is 1. The molecule has 7 heteroatoms. The summed E-state index contributed by atoms with van der Waals surface area (Å²) >= 11 is 3.24. The molecule has 21 heavy (non-hydrogen) atoms. The molecule has 2 aromatic rings. The van der Waals surface area contributed by atoms with Gasteiger partial charge in [-0.1, -0.05) is 24.3 Å². The Morgan fingerprint density at radius 3 is 2.33 bits per heavy atom. The third kappa shape index (κ3) is 3.20. The van der Waals surface area contributed by atoms with Crippen molar-refractivity contribution in [3.05, 3.63) is 53.0 Å². The van der Waals surface area contributed by atoms with Crippen LogP contribution in [0.1, 0.15) is 0 Å². The van der Waals surface area contributed by atoms with Gasteiger partial charge >= 0.3 is 0 Å². The number of halogens is 1. The molecule has 0 aliphatic rings. The van der Waals surface area contributed by atoms with Gasteiger partial charge in [0, 0.05) is 4.47 Å². The fourth-order valence-corrected chi connectivity index (χ4v) is 4.40. The zero-order valence-corrected chi connectivity index (χ0v) is 13.5. The Morgan fingerprint density at radius 2 is 1.71 bits per heavy atom. The predicted molar refractivity (Wildman–Crippen MR) is 86.6 cm³/mol. The minimum Gasteiger partial charge on any atom is -0.397 e. The summed E-state index contributed by atoms with van der Waals surface area (Å²) in [5, 5.41) is 9.21. The minimum absolute atomic E-state index is 0.0715. The number of para-hydroxylation sites is 2. The van der Waals surface area contributed by atoms with Crippen molar-refractivity contribution in [2.45, 2.75) is 4.90 Å². The van der Waals surface area contributed by atoms with Crippen LogP contribution in [-0.4, -0.2) is 26.7 Å². The number of sulfonamides is 1. The summed E-state index contributed by atoms with van der Waals surface area (Å²) in [7, 11) is -3.82. The van der Waals surface area contributed by atoms with E-state index in [4.69, 9.17) is 5.73 Å². The molecular formula is C14H15BrN2O3S. The number of aliphatic hydroxyl groups excluding tert-OH is 1. The summed E-state index contributed by atoms with van der Waals surface area (Å²) in [6, 6.07) is 13.2. The lowest BCUT2D eigenvalue weighted by Gasteiger charge is -2.25. The number of nitrogen functional groups attached to an aromatic ring is 1. The maximum absolute atomic E-state index is 12.8. The maximum Gasteiger partial charge on any atom is 0.265 e. The Labute approximate surface area is 132 Å². The number of anilines is 2. The van der Waals surface area contributed by atoms with E-state index in [0.29, 0.717) is 15.8 Å². The molecule has 0 aromatic heterocycles. The lowest BCUT2D eigenvalue weighted by molar-refractivity contribution is 0.306. The second-order valence-corrected chi connectivity index (χ2v) is 6.98. The molecule has 0 spiro atoms. The average molecular weight is 371 g/mol. The van der Waals surface area contributed by atoms with Gasteiger partial charge in [0.25, 0.3) is 10.0 Å². The number of hydrogen-bond acceptors (Lipinski definition) is 4. The molecule has 0 heterocycles. The number of rotatable bonds is 5. The van der Waals surface area contributed by atoms with E-state index in [1.165, 1.54) is 6.07 Å². The van der Waals surface area contributed by atoms with Crippen molar-refractivity contribution in [1.82, 2.24) is 0 Å². The molecule has 3 N–H and O–H groups in total. The Kier molecular flexibility index (Phi) is 4.87. The van der Waals surface area contributed by atoms with Gasteiger partial charge in [-0.15, -0.1) is 0 Å². The first-order chi connectivity index (χ1) is 9.98. The van der Waals surface area contributed by atoms with E-state index >= 15 is 0 Å². The first kappa shape index (κ1) is 15.8. The monoisotopic (exact) mass is 370 g/mol. The van der Waals surface area contributed by atoms with Gasteiger partial charge in [-0.05, 0) is 40.2 Å². The van der Waals surface area contributed by atoms with Crippen LogP contribution >= 0.6 is 15.9 Å². The normalized spacial score (nSPS) is 11.3. The van der Waals surface area contributed by atoms with Crippen LogP contribution in [0, 0.1) is 0 Å². The molecule has 5 nitrogen and oxygen atoms in total. The average Bonchev–Trinajstić information content (AvgIpc) is 2.46. The predicted octanol–water partition coefficient (Wildman–Crippen LogP) is 2.22. The molecule has 112 valence electrons. The molecule has 0 saturated heterocycles. The molecule has 0 fully saturated rings. The highest BCUT2D eigenvalue weighted by molar-refractivity contribution is 9.10. The smallest absolute Gasteiger partial charge is 0.265 e. The van der Waals surface area contributed by atoms with E-state index in [1.807, 2.05) is 0 Å². The standard InChI is InChI=1S/C14H15BrN2O3S/c15-11-5-1-4-8-14(11)21(19,20)17(9-10-18)13-7-3-2-6-12(13)16/h1-8,18H,9-10,16H2. The van der Waals surface area contributed by atoms with Crippen molar-refractivity contribution < 1.29 is 13.5 Å². The Balaban J connectivity index is 2.58. The molecule has 0 aliphatic carbocycles. The van der Waals surface area contributed by atoms with E-state index in [9.17, 15) is 13.5 Å². The third-order valence-corrected chi connectivity index (χ3v) is 5.74. The lowest BCUT2D eigenvalue weighted by Crippen LogP contribution is -2.34. The van der Waals surface area contributed by atoms with Gasteiger partial charge in [0.05, 0.1) is 24.5 Å². The summed E-state index contributed by atoms with van der Waals surface area (Å²) in [5.74, 6) is 0. The van der Waals surface area contributed by atoms with Gasteiger partial charge < -0.3 is 10.8 Å². The second kappa shape index (κ2) is 6.46. The SMILES string of the molecule is Nc1ccccc1N(CCO)S(=O)(=O)c1ccccc1Br. The molecule has 0 unspecified atom stereocenters. The molecule has 0 amide bonds. The fraction of sp³-hybridized carbons (Fsp3) is 0.143. The van der Waals surface area contributed by atoms with Crippen LogP contribution in [0.25, 0.3) is 0 Å². The van der Waals surface area contributed by atoms with Gasteiger partial charge in [-0.3, -0.25) is 4.31 Å². The van der Waals surface area contributed by atoms with Crippen LogP contribution in [0.4, 0.5) is 11.4 Å². The van der Waals surface area contributed by atoms with Gasteiger partial charge in [0.2, 0.25) is 0 Å². The van der Waals surface area contributed by atoms with Crippen molar-refractivity contribution in [2.24, 2.45) is 0 Å². The largest absolute Gasteiger partial charge is 0.397 e. The zero-order valence-electron chi connectivity index (χ0n) is 11.1. The fourth-order valence-electron chi connectivity index (χ4n) is 1.95. The zero-order chi connectivity index (χ0) is 15.5. The number of benzene rings is 2. The third-order valence-electron chi connectivity index (χ3n) is 2.91. The molecular weight excluding hydrogens is 356 g/mol. The summed E-state index contributed by atoms with van der Waals surface area (Å²) in [6.45, 7) is -0.379. The molecule has 2 aromatic carbocycles. The molecule has 2 rings (SSSR count). The van der Waals surface area contributed by atoms with E-state index in [1.54, 1.807) is 42.5 Å². The van der Waals surface area contributed by atoms with Crippen molar-refractivity contribution in [3.8, 4) is 0 Å². The Bertz CT molecular complexity index is 735. The van der Waals surface area contributed by atoms with Crippen LogP contribution < -0.4 is 10.0 Å². The highest BCUT2D eigenvalue weighted by Crippen LogP contribution is 2.31. The van der Waals surface area contributed by atoms with Crippen molar-refractivity contribution in [3.63, 3.8) is 0 Å². The summed E-state index contributed by atoms with van der Waals surface area (Å²) in [5.41, 5.74) is 6.55. The van der Waals surface area contributed by atoms with Gasteiger partial charge in [-0.25, -0.2) is 8.42 Å². The molecule has 0 aliphatic heterocycles. The van der Waals surface area contributed by atoms with Crippen LogP contribution in [0.3, 0.4) is 0 Å². The molecule has 0 atom stereocenters. The van der Waals surface area contributed by atoms with Gasteiger partial charge in [0.15, 0.2) is 0 Å². The quantitative estimate of drug-likeness (QED) is 0.790. The maximum atomic E-state index is 12.8. The first-order valence-electron chi connectivity index (χ1n) is 6.21. The summed E-state index contributed by atoms with van der Waals surface area (Å²) < 4.78 is 27.2. The van der Waals surface area contributed by atoms with Crippen molar-refractivity contribution in [1.29, 1.82) is 0 Å². The summed E-state index contributed by atoms with van der Waals surface area (Å²) in [6.07, 6.45) is 0. The summed E-state index contributed by atoms with van der Waals surface area (Å²) in [4.78, 5) is 0.127. The highest BCUT2D eigenvalue weighted by atomic mass is 79.9. The molecule has 0 saturated carbocycles. The van der Waals surface area contributed by atoms with E-state index in [-0.39, 0.29) is 18.0 Å². The molecule has 0 radical (unpaired) electrons. The van der Waals surface area contributed by atoms with Gasteiger partial charge in [0.1, 0.15) is 4.90 Å². The first-order valence-corrected chi connectivity index (χ1v) is 8.44.